The number of amides is 1. The van der Waals surface area contributed by atoms with Gasteiger partial charge in [0, 0.05) is 13.0 Å². The zero-order valence-electron chi connectivity index (χ0n) is 9.09. The third-order valence-electron chi connectivity index (χ3n) is 4.14. The van der Waals surface area contributed by atoms with Crippen molar-refractivity contribution in [3.63, 3.8) is 0 Å². The molecular formula is C12H21NO. The second-order valence-electron chi connectivity index (χ2n) is 4.96. The highest BCUT2D eigenvalue weighted by molar-refractivity contribution is 5.78. The van der Waals surface area contributed by atoms with E-state index in [-0.39, 0.29) is 5.91 Å². The SMILES string of the molecule is CCC1CCC(C2CNC(=O)C2)CC1. The van der Waals surface area contributed by atoms with Gasteiger partial charge in [0.25, 0.3) is 0 Å². The maximum Gasteiger partial charge on any atom is 0.220 e. The van der Waals surface area contributed by atoms with Crippen LogP contribution in [0.1, 0.15) is 45.4 Å². The Balaban J connectivity index is 1.80. The van der Waals surface area contributed by atoms with Crippen LogP contribution < -0.4 is 5.32 Å². The molecule has 0 spiro atoms. The zero-order chi connectivity index (χ0) is 9.97. The predicted molar refractivity (Wildman–Crippen MR) is 56.9 cm³/mol. The maximum atomic E-state index is 11.1. The van der Waals surface area contributed by atoms with Crippen LogP contribution in [0.4, 0.5) is 0 Å². The lowest BCUT2D eigenvalue weighted by molar-refractivity contribution is -0.119. The Morgan fingerprint density at radius 2 is 1.93 bits per heavy atom. The standard InChI is InChI=1S/C12H21NO/c1-2-9-3-5-10(6-4-9)11-7-12(14)13-8-11/h9-11H,2-8H2,1H3,(H,13,14). The molecule has 1 aliphatic carbocycles. The molecule has 1 saturated heterocycles. The molecule has 1 atom stereocenters. The molecule has 2 rings (SSSR count). The van der Waals surface area contributed by atoms with Crippen LogP contribution in [-0.4, -0.2) is 12.5 Å². The summed E-state index contributed by atoms with van der Waals surface area (Å²) in [5.41, 5.74) is 0. The fourth-order valence-electron chi connectivity index (χ4n) is 3.03. The highest BCUT2D eigenvalue weighted by Gasteiger charge is 2.31. The Kier molecular flexibility index (Phi) is 3.09. The largest absolute Gasteiger partial charge is 0.356 e. The molecule has 0 aromatic rings. The van der Waals surface area contributed by atoms with Gasteiger partial charge < -0.3 is 5.32 Å². The van der Waals surface area contributed by atoms with E-state index in [4.69, 9.17) is 0 Å². The first kappa shape index (κ1) is 10.0. The van der Waals surface area contributed by atoms with E-state index in [0.29, 0.717) is 5.92 Å². The first-order valence-electron chi connectivity index (χ1n) is 6.06. The third kappa shape index (κ3) is 2.10. The van der Waals surface area contributed by atoms with Crippen LogP contribution in [0.15, 0.2) is 0 Å². The number of rotatable bonds is 2. The zero-order valence-corrected chi connectivity index (χ0v) is 9.09. The van der Waals surface area contributed by atoms with Crippen LogP contribution in [0.5, 0.6) is 0 Å². The monoisotopic (exact) mass is 195 g/mol. The number of carbonyl (C=O) groups is 1. The Labute approximate surface area is 86.5 Å². The van der Waals surface area contributed by atoms with E-state index in [2.05, 4.69) is 12.2 Å². The van der Waals surface area contributed by atoms with Crippen LogP contribution in [0.25, 0.3) is 0 Å². The van der Waals surface area contributed by atoms with Crippen LogP contribution in [0.2, 0.25) is 0 Å². The summed E-state index contributed by atoms with van der Waals surface area (Å²) in [6, 6.07) is 0. The van der Waals surface area contributed by atoms with Gasteiger partial charge in [-0.1, -0.05) is 26.2 Å². The van der Waals surface area contributed by atoms with Crippen molar-refractivity contribution < 1.29 is 4.79 Å². The second kappa shape index (κ2) is 4.33. The molecule has 1 N–H and O–H groups in total. The fraction of sp³-hybridized carbons (Fsp3) is 0.917. The summed E-state index contributed by atoms with van der Waals surface area (Å²) in [6.45, 7) is 3.24. The number of nitrogens with one attached hydrogen (secondary N) is 1. The normalized spacial score (nSPS) is 38.4. The van der Waals surface area contributed by atoms with Gasteiger partial charge in [-0.3, -0.25) is 4.79 Å². The van der Waals surface area contributed by atoms with Crippen molar-refractivity contribution >= 4 is 5.91 Å². The summed E-state index contributed by atoms with van der Waals surface area (Å²) < 4.78 is 0. The molecule has 1 unspecified atom stereocenters. The summed E-state index contributed by atoms with van der Waals surface area (Å²) >= 11 is 0. The van der Waals surface area contributed by atoms with Gasteiger partial charge in [-0.2, -0.15) is 0 Å². The first-order valence-corrected chi connectivity index (χ1v) is 6.06. The molecule has 2 heteroatoms. The van der Waals surface area contributed by atoms with Gasteiger partial charge in [-0.25, -0.2) is 0 Å². The Morgan fingerprint density at radius 3 is 2.43 bits per heavy atom. The van der Waals surface area contributed by atoms with E-state index in [9.17, 15) is 4.79 Å². The minimum absolute atomic E-state index is 0.271. The molecule has 0 bridgehead atoms. The van der Waals surface area contributed by atoms with Gasteiger partial charge in [0.2, 0.25) is 5.91 Å². The first-order chi connectivity index (χ1) is 6.79. The molecule has 2 aliphatic rings. The topological polar surface area (TPSA) is 29.1 Å². The van der Waals surface area contributed by atoms with E-state index >= 15 is 0 Å². The molecule has 1 heterocycles. The smallest absolute Gasteiger partial charge is 0.220 e. The van der Waals surface area contributed by atoms with Crippen molar-refractivity contribution in [2.75, 3.05) is 6.54 Å². The fourth-order valence-corrected chi connectivity index (χ4v) is 3.03. The van der Waals surface area contributed by atoms with Gasteiger partial charge in [0.05, 0.1) is 0 Å². The summed E-state index contributed by atoms with van der Waals surface area (Å²) in [5, 5.41) is 2.95. The van der Waals surface area contributed by atoms with E-state index in [1.165, 1.54) is 32.1 Å². The highest BCUT2D eigenvalue weighted by atomic mass is 16.1. The lowest BCUT2D eigenvalue weighted by atomic mass is 9.75. The molecule has 2 nitrogen and oxygen atoms in total. The molecule has 0 aromatic carbocycles. The minimum Gasteiger partial charge on any atom is -0.356 e. The van der Waals surface area contributed by atoms with Crippen molar-refractivity contribution in [2.45, 2.75) is 45.4 Å². The molecule has 0 radical (unpaired) electrons. The van der Waals surface area contributed by atoms with Crippen LogP contribution in [0.3, 0.4) is 0 Å². The summed E-state index contributed by atoms with van der Waals surface area (Å²) in [7, 11) is 0. The lowest BCUT2D eigenvalue weighted by Gasteiger charge is -2.30. The van der Waals surface area contributed by atoms with Crippen LogP contribution in [-0.2, 0) is 4.79 Å². The van der Waals surface area contributed by atoms with Gasteiger partial charge in [-0.05, 0) is 30.6 Å². The van der Waals surface area contributed by atoms with E-state index in [1.807, 2.05) is 0 Å². The maximum absolute atomic E-state index is 11.1. The van der Waals surface area contributed by atoms with Gasteiger partial charge in [-0.15, -0.1) is 0 Å². The van der Waals surface area contributed by atoms with Crippen molar-refractivity contribution in [1.29, 1.82) is 0 Å². The number of hydrogen-bond donors (Lipinski definition) is 1. The molecule has 1 amide bonds. The van der Waals surface area contributed by atoms with E-state index < -0.39 is 0 Å². The van der Waals surface area contributed by atoms with Gasteiger partial charge >= 0.3 is 0 Å². The molecule has 0 aromatic heterocycles. The summed E-state index contributed by atoms with van der Waals surface area (Å²) in [4.78, 5) is 11.1. The van der Waals surface area contributed by atoms with Crippen molar-refractivity contribution in [3.05, 3.63) is 0 Å². The third-order valence-corrected chi connectivity index (χ3v) is 4.14. The lowest BCUT2D eigenvalue weighted by Crippen LogP contribution is -2.23. The van der Waals surface area contributed by atoms with Gasteiger partial charge in [0.1, 0.15) is 0 Å². The molecule has 1 saturated carbocycles. The molecule has 14 heavy (non-hydrogen) atoms. The average Bonchev–Trinajstić information content (AvgIpc) is 2.65. The van der Waals surface area contributed by atoms with E-state index in [0.717, 1.165) is 24.8 Å². The quantitative estimate of drug-likeness (QED) is 0.720. The van der Waals surface area contributed by atoms with Crippen LogP contribution >= 0.6 is 0 Å². The molecular weight excluding hydrogens is 174 g/mol. The van der Waals surface area contributed by atoms with Crippen molar-refractivity contribution in [3.8, 4) is 0 Å². The average molecular weight is 195 g/mol. The highest BCUT2D eigenvalue weighted by Crippen LogP contribution is 2.36. The summed E-state index contributed by atoms with van der Waals surface area (Å²) in [6.07, 6.45) is 7.64. The minimum atomic E-state index is 0.271. The van der Waals surface area contributed by atoms with E-state index in [1.54, 1.807) is 0 Å². The Bertz CT molecular complexity index is 206. The second-order valence-corrected chi connectivity index (χ2v) is 4.96. The predicted octanol–water partition coefficient (Wildman–Crippen LogP) is 2.34. The molecule has 2 fully saturated rings. The Hall–Kier alpha value is -0.530. The number of hydrogen-bond acceptors (Lipinski definition) is 1. The van der Waals surface area contributed by atoms with Crippen molar-refractivity contribution in [1.82, 2.24) is 5.32 Å². The molecule has 1 aliphatic heterocycles. The Morgan fingerprint density at radius 1 is 1.21 bits per heavy atom. The number of carbonyl (C=O) groups excluding carboxylic acids is 1. The van der Waals surface area contributed by atoms with Crippen LogP contribution in [0, 0.1) is 17.8 Å². The van der Waals surface area contributed by atoms with Crippen molar-refractivity contribution in [2.24, 2.45) is 17.8 Å². The molecule has 80 valence electrons. The van der Waals surface area contributed by atoms with Gasteiger partial charge in [0.15, 0.2) is 0 Å². The summed E-state index contributed by atoms with van der Waals surface area (Å²) in [5.74, 6) is 2.72.